The Morgan fingerprint density at radius 3 is 2.52 bits per heavy atom. The Morgan fingerprint density at radius 1 is 1.06 bits per heavy atom. The maximum Gasteiger partial charge on any atom is 0.421 e. The third-order valence-corrected chi connectivity index (χ3v) is 7.27. The topological polar surface area (TPSA) is 104 Å². The van der Waals surface area contributed by atoms with Gasteiger partial charge in [0.2, 0.25) is 5.60 Å². The molecule has 4 rings (SSSR count). The van der Waals surface area contributed by atoms with Crippen LogP contribution in [0.2, 0.25) is 0 Å². The SMILES string of the molecule is NC1CC(C(F)(F)F)C2NC1C1NNC(O1)C(O)(C(F)(F)F)CCCCC[C@@H]1COCCN21. The van der Waals surface area contributed by atoms with Crippen LogP contribution < -0.4 is 21.9 Å². The van der Waals surface area contributed by atoms with Crippen LogP contribution in [0.1, 0.15) is 38.5 Å². The van der Waals surface area contributed by atoms with Gasteiger partial charge in [-0.2, -0.15) is 26.3 Å². The number of morpholine rings is 1. The molecule has 0 aliphatic carbocycles. The van der Waals surface area contributed by atoms with Crippen molar-refractivity contribution in [2.75, 3.05) is 19.8 Å². The molecule has 4 bridgehead atoms. The molecule has 33 heavy (non-hydrogen) atoms. The van der Waals surface area contributed by atoms with E-state index >= 15 is 0 Å². The van der Waals surface area contributed by atoms with Gasteiger partial charge in [0, 0.05) is 18.6 Å². The fourth-order valence-corrected chi connectivity index (χ4v) is 5.39. The van der Waals surface area contributed by atoms with E-state index in [-0.39, 0.29) is 25.7 Å². The van der Waals surface area contributed by atoms with E-state index in [0.717, 1.165) is 0 Å². The van der Waals surface area contributed by atoms with Crippen molar-refractivity contribution in [3.63, 3.8) is 0 Å². The van der Waals surface area contributed by atoms with E-state index in [9.17, 15) is 31.4 Å². The second kappa shape index (κ2) is 9.37. The van der Waals surface area contributed by atoms with Gasteiger partial charge < -0.3 is 20.3 Å². The lowest BCUT2D eigenvalue weighted by molar-refractivity contribution is -0.300. The van der Waals surface area contributed by atoms with Gasteiger partial charge in [0.25, 0.3) is 0 Å². The molecule has 0 aromatic heterocycles. The Hall–Kier alpha value is -0.740. The lowest BCUT2D eigenvalue weighted by atomic mass is 9.85. The summed E-state index contributed by atoms with van der Waals surface area (Å²) < 4.78 is 94.4. The van der Waals surface area contributed by atoms with Crippen molar-refractivity contribution in [3.05, 3.63) is 0 Å². The number of nitrogens with two attached hydrogens (primary N) is 1. The molecule has 8 atom stereocenters. The molecule has 4 fully saturated rings. The van der Waals surface area contributed by atoms with E-state index in [1.54, 1.807) is 4.90 Å². The zero-order valence-electron chi connectivity index (χ0n) is 18.0. The number of aliphatic hydroxyl groups is 1. The van der Waals surface area contributed by atoms with Crippen molar-refractivity contribution >= 4 is 0 Å². The monoisotopic (exact) mass is 491 g/mol. The molecule has 192 valence electrons. The molecule has 8 nitrogen and oxygen atoms in total. The molecule has 6 N–H and O–H groups in total. The summed E-state index contributed by atoms with van der Waals surface area (Å²) in [5.41, 5.74) is 7.83. The highest BCUT2D eigenvalue weighted by Gasteiger charge is 2.62. The average molecular weight is 491 g/mol. The number of fused-ring (bicyclic) bond motifs is 7. The fraction of sp³-hybridized carbons (Fsp3) is 1.00. The van der Waals surface area contributed by atoms with Crippen LogP contribution in [0.25, 0.3) is 0 Å². The minimum absolute atomic E-state index is 0.0750. The molecule has 0 aromatic carbocycles. The summed E-state index contributed by atoms with van der Waals surface area (Å²) >= 11 is 0. The van der Waals surface area contributed by atoms with Crippen LogP contribution in [0.15, 0.2) is 0 Å². The quantitative estimate of drug-likeness (QED) is 0.319. The molecular formula is C19H31F6N5O3. The number of halogens is 6. The average Bonchev–Trinajstić information content (AvgIpc) is 3.22. The van der Waals surface area contributed by atoms with Crippen LogP contribution in [0.3, 0.4) is 0 Å². The zero-order chi connectivity index (χ0) is 24.0. The molecule has 0 radical (unpaired) electrons. The van der Waals surface area contributed by atoms with Crippen molar-refractivity contribution in [2.24, 2.45) is 11.7 Å². The summed E-state index contributed by atoms with van der Waals surface area (Å²) in [5, 5.41) is 13.5. The first-order chi connectivity index (χ1) is 15.4. The van der Waals surface area contributed by atoms with E-state index in [1.807, 2.05) is 0 Å². The van der Waals surface area contributed by atoms with Gasteiger partial charge in [-0.05, 0) is 19.3 Å². The summed E-state index contributed by atoms with van der Waals surface area (Å²) in [7, 11) is 0. The minimum Gasteiger partial charge on any atom is -0.378 e. The van der Waals surface area contributed by atoms with Crippen molar-refractivity contribution in [3.8, 4) is 0 Å². The smallest absolute Gasteiger partial charge is 0.378 e. The first kappa shape index (κ1) is 25.4. The van der Waals surface area contributed by atoms with E-state index < -0.39 is 67.4 Å². The van der Waals surface area contributed by atoms with Gasteiger partial charge in [-0.15, -0.1) is 0 Å². The Labute approximate surface area is 187 Å². The molecule has 0 spiro atoms. The lowest BCUT2D eigenvalue weighted by Gasteiger charge is -2.51. The summed E-state index contributed by atoms with van der Waals surface area (Å²) in [6, 6.07) is -2.28. The van der Waals surface area contributed by atoms with Gasteiger partial charge in [0.05, 0.1) is 31.3 Å². The number of piperidine rings is 1. The molecule has 0 aromatic rings. The molecule has 4 aliphatic heterocycles. The molecule has 14 heteroatoms. The van der Waals surface area contributed by atoms with Crippen LogP contribution in [0.5, 0.6) is 0 Å². The van der Waals surface area contributed by atoms with Crippen LogP contribution in [-0.2, 0) is 9.47 Å². The standard InChI is InChI=1S/C19H31F6N5O3/c20-18(21,22)11-8-12(26)13-15-28-29-16(33-15)17(31,19(23,24)25)5-3-1-2-4-10-9-32-7-6-30(10)14(11)27-13/h10-16,27-29,31H,1-9,26H2/t10-,11?,12?,13?,14?,15?,16?,17?/m1/s1. The van der Waals surface area contributed by atoms with Gasteiger partial charge >= 0.3 is 12.4 Å². The van der Waals surface area contributed by atoms with Crippen LogP contribution in [0.4, 0.5) is 26.3 Å². The normalized spacial score (nSPS) is 44.2. The minimum atomic E-state index is -4.97. The van der Waals surface area contributed by atoms with Crippen molar-refractivity contribution in [2.45, 2.75) is 93.2 Å². The first-order valence-corrected chi connectivity index (χ1v) is 11.3. The predicted molar refractivity (Wildman–Crippen MR) is 103 cm³/mol. The Balaban J connectivity index is 1.65. The summed E-state index contributed by atoms with van der Waals surface area (Å²) in [6.07, 6.45) is -13.2. The molecular weight excluding hydrogens is 460 g/mol. The first-order valence-electron chi connectivity index (χ1n) is 11.3. The summed E-state index contributed by atoms with van der Waals surface area (Å²) in [6.45, 7) is 0.828. The molecule has 4 saturated heterocycles. The fourth-order valence-electron chi connectivity index (χ4n) is 5.39. The lowest BCUT2D eigenvalue weighted by Crippen LogP contribution is -2.72. The molecule has 4 heterocycles. The van der Waals surface area contributed by atoms with Crippen molar-refractivity contribution in [1.82, 2.24) is 21.1 Å². The van der Waals surface area contributed by atoms with Crippen LogP contribution in [0, 0.1) is 5.92 Å². The van der Waals surface area contributed by atoms with E-state index in [4.69, 9.17) is 15.2 Å². The number of nitrogens with zero attached hydrogens (tertiary/aromatic N) is 1. The predicted octanol–water partition coefficient (Wildman–Crippen LogP) is 0.915. The molecule has 0 amide bonds. The number of ether oxygens (including phenoxy) is 2. The Morgan fingerprint density at radius 2 is 1.82 bits per heavy atom. The number of hydrogen-bond donors (Lipinski definition) is 5. The largest absolute Gasteiger partial charge is 0.421 e. The second-order valence-electron chi connectivity index (χ2n) is 9.40. The summed E-state index contributed by atoms with van der Waals surface area (Å²) in [4.78, 5) is 1.76. The zero-order valence-corrected chi connectivity index (χ0v) is 18.0. The van der Waals surface area contributed by atoms with E-state index in [0.29, 0.717) is 25.8 Å². The van der Waals surface area contributed by atoms with E-state index in [2.05, 4.69) is 16.2 Å². The van der Waals surface area contributed by atoms with Gasteiger partial charge in [0.15, 0.2) is 6.23 Å². The third kappa shape index (κ3) is 4.99. The van der Waals surface area contributed by atoms with Crippen LogP contribution in [-0.4, -0.2) is 84.5 Å². The Bertz CT molecular complexity index is 685. The molecule has 7 unspecified atom stereocenters. The number of hydrazine groups is 1. The number of hydrogen-bond acceptors (Lipinski definition) is 8. The van der Waals surface area contributed by atoms with Gasteiger partial charge in [-0.25, -0.2) is 10.9 Å². The second-order valence-corrected chi connectivity index (χ2v) is 9.40. The van der Waals surface area contributed by atoms with E-state index in [1.165, 1.54) is 0 Å². The maximum absolute atomic E-state index is 14.0. The maximum atomic E-state index is 14.0. The summed E-state index contributed by atoms with van der Waals surface area (Å²) in [5.74, 6) is -1.76. The van der Waals surface area contributed by atoms with Gasteiger partial charge in [-0.1, -0.05) is 19.3 Å². The van der Waals surface area contributed by atoms with Crippen molar-refractivity contribution < 1.29 is 40.9 Å². The number of nitrogens with one attached hydrogen (secondary N) is 3. The highest BCUT2D eigenvalue weighted by molar-refractivity contribution is 5.03. The number of rotatable bonds is 0. The van der Waals surface area contributed by atoms with Gasteiger partial charge in [-0.3, -0.25) is 10.2 Å². The molecule has 4 aliphatic rings. The number of alkyl halides is 6. The van der Waals surface area contributed by atoms with Gasteiger partial charge in [0.1, 0.15) is 6.23 Å². The van der Waals surface area contributed by atoms with Crippen LogP contribution >= 0.6 is 0 Å². The molecule has 0 saturated carbocycles. The van der Waals surface area contributed by atoms with Crippen molar-refractivity contribution in [1.29, 1.82) is 0 Å². The highest BCUT2D eigenvalue weighted by Crippen LogP contribution is 2.42. The Kier molecular flexibility index (Phi) is 7.20. The highest BCUT2D eigenvalue weighted by atomic mass is 19.4. The third-order valence-electron chi connectivity index (χ3n) is 7.27.